The van der Waals surface area contributed by atoms with E-state index < -0.39 is 15.9 Å². The number of pyridine rings is 1. The van der Waals surface area contributed by atoms with Gasteiger partial charge in [0.1, 0.15) is 4.90 Å². The molecular formula is C19H15ClN2O3S2. The highest BCUT2D eigenvalue weighted by molar-refractivity contribution is 8.00. The molecule has 1 aromatic heterocycles. The van der Waals surface area contributed by atoms with Gasteiger partial charge in [-0.25, -0.2) is 13.1 Å². The SMILES string of the molecule is Cc1ccc(Sc2ccncc2S(=O)(=O)NC(=O)c2ccc(Cl)cc2)cc1. The fourth-order valence-electron chi connectivity index (χ4n) is 2.22. The summed E-state index contributed by atoms with van der Waals surface area (Å²) in [6.07, 6.45) is 2.74. The quantitative estimate of drug-likeness (QED) is 0.668. The van der Waals surface area contributed by atoms with E-state index in [0.717, 1.165) is 10.5 Å². The summed E-state index contributed by atoms with van der Waals surface area (Å²) in [5.74, 6) is -0.734. The summed E-state index contributed by atoms with van der Waals surface area (Å²) in [7, 11) is -4.09. The van der Waals surface area contributed by atoms with E-state index in [9.17, 15) is 13.2 Å². The Bertz CT molecular complexity index is 1070. The second kappa shape index (κ2) is 8.12. The van der Waals surface area contributed by atoms with E-state index in [4.69, 9.17) is 11.6 Å². The van der Waals surface area contributed by atoms with Gasteiger partial charge < -0.3 is 0 Å². The Labute approximate surface area is 166 Å². The van der Waals surface area contributed by atoms with Crippen molar-refractivity contribution in [2.24, 2.45) is 0 Å². The summed E-state index contributed by atoms with van der Waals surface area (Å²) in [4.78, 5) is 17.5. The van der Waals surface area contributed by atoms with Gasteiger partial charge >= 0.3 is 0 Å². The molecule has 1 heterocycles. The molecule has 2 aromatic carbocycles. The summed E-state index contributed by atoms with van der Waals surface area (Å²) < 4.78 is 27.6. The number of rotatable bonds is 5. The molecule has 0 saturated heterocycles. The predicted molar refractivity (Wildman–Crippen MR) is 106 cm³/mol. The number of amides is 1. The number of aryl methyl sites for hydroxylation is 1. The van der Waals surface area contributed by atoms with E-state index in [1.165, 1.54) is 48.4 Å². The summed E-state index contributed by atoms with van der Waals surface area (Å²) in [6, 6.07) is 15.3. The van der Waals surface area contributed by atoms with Crippen LogP contribution in [0.5, 0.6) is 0 Å². The highest BCUT2D eigenvalue weighted by Crippen LogP contribution is 2.32. The number of hydrogen-bond acceptors (Lipinski definition) is 5. The number of aromatic nitrogens is 1. The number of benzene rings is 2. The third-order valence-electron chi connectivity index (χ3n) is 3.62. The van der Waals surface area contributed by atoms with Gasteiger partial charge in [-0.1, -0.05) is 41.1 Å². The van der Waals surface area contributed by atoms with Gasteiger partial charge in [0.25, 0.3) is 15.9 Å². The van der Waals surface area contributed by atoms with Crippen LogP contribution in [0, 0.1) is 6.92 Å². The largest absolute Gasteiger partial charge is 0.268 e. The zero-order chi connectivity index (χ0) is 19.4. The van der Waals surface area contributed by atoms with Crippen LogP contribution in [-0.2, 0) is 10.0 Å². The van der Waals surface area contributed by atoms with Crippen LogP contribution in [0.4, 0.5) is 0 Å². The van der Waals surface area contributed by atoms with Crippen LogP contribution in [0.2, 0.25) is 5.02 Å². The number of sulfonamides is 1. The van der Waals surface area contributed by atoms with Crippen molar-refractivity contribution < 1.29 is 13.2 Å². The van der Waals surface area contributed by atoms with Crippen LogP contribution in [0.25, 0.3) is 0 Å². The lowest BCUT2D eigenvalue weighted by Gasteiger charge is -2.11. The maximum absolute atomic E-state index is 12.7. The van der Waals surface area contributed by atoms with Crippen molar-refractivity contribution in [3.63, 3.8) is 0 Å². The lowest BCUT2D eigenvalue weighted by Crippen LogP contribution is -2.31. The summed E-state index contributed by atoms with van der Waals surface area (Å²) >= 11 is 7.08. The molecule has 5 nitrogen and oxygen atoms in total. The first kappa shape index (κ1) is 19.4. The molecule has 138 valence electrons. The van der Waals surface area contributed by atoms with Crippen molar-refractivity contribution in [2.75, 3.05) is 0 Å². The Kier molecular flexibility index (Phi) is 5.84. The monoisotopic (exact) mass is 418 g/mol. The van der Waals surface area contributed by atoms with Gasteiger partial charge in [0.2, 0.25) is 0 Å². The third-order valence-corrected chi connectivity index (χ3v) is 6.44. The van der Waals surface area contributed by atoms with Crippen LogP contribution >= 0.6 is 23.4 Å². The van der Waals surface area contributed by atoms with E-state index >= 15 is 0 Å². The zero-order valence-corrected chi connectivity index (χ0v) is 16.6. The first-order valence-corrected chi connectivity index (χ1v) is 10.5. The molecule has 27 heavy (non-hydrogen) atoms. The Morgan fingerprint density at radius 1 is 1.04 bits per heavy atom. The van der Waals surface area contributed by atoms with Crippen LogP contribution in [0.15, 0.2) is 81.7 Å². The van der Waals surface area contributed by atoms with Gasteiger partial charge in [0.05, 0.1) is 0 Å². The molecule has 3 aromatic rings. The molecule has 0 bridgehead atoms. The summed E-state index contributed by atoms with van der Waals surface area (Å²) in [6.45, 7) is 1.98. The Morgan fingerprint density at radius 2 is 1.70 bits per heavy atom. The number of hydrogen-bond donors (Lipinski definition) is 1. The molecule has 8 heteroatoms. The van der Waals surface area contributed by atoms with E-state index in [2.05, 4.69) is 9.71 Å². The first-order chi connectivity index (χ1) is 12.8. The molecule has 0 unspecified atom stereocenters. The molecule has 0 aliphatic carbocycles. The van der Waals surface area contributed by atoms with Crippen LogP contribution in [0.1, 0.15) is 15.9 Å². The average molecular weight is 419 g/mol. The fraction of sp³-hybridized carbons (Fsp3) is 0.0526. The number of halogens is 1. The maximum atomic E-state index is 12.7. The molecule has 0 fully saturated rings. The van der Waals surface area contributed by atoms with Gasteiger partial charge in [0, 0.05) is 32.8 Å². The molecule has 1 amide bonds. The minimum atomic E-state index is -4.09. The van der Waals surface area contributed by atoms with E-state index in [0.29, 0.717) is 9.92 Å². The molecular weight excluding hydrogens is 404 g/mol. The van der Waals surface area contributed by atoms with Crippen molar-refractivity contribution >= 4 is 39.3 Å². The van der Waals surface area contributed by atoms with Crippen LogP contribution < -0.4 is 4.72 Å². The van der Waals surface area contributed by atoms with Crippen LogP contribution in [-0.4, -0.2) is 19.3 Å². The molecule has 0 atom stereocenters. The molecule has 0 spiro atoms. The topological polar surface area (TPSA) is 76.1 Å². The van der Waals surface area contributed by atoms with E-state index in [-0.39, 0.29) is 10.5 Å². The smallest absolute Gasteiger partial charge is 0.266 e. The molecule has 0 saturated carbocycles. The first-order valence-electron chi connectivity index (χ1n) is 7.86. The molecule has 3 rings (SSSR count). The highest BCUT2D eigenvalue weighted by atomic mass is 35.5. The van der Waals surface area contributed by atoms with Crippen molar-refractivity contribution in [1.82, 2.24) is 9.71 Å². The van der Waals surface area contributed by atoms with Gasteiger partial charge in [-0.15, -0.1) is 0 Å². The number of carbonyl (C=O) groups is 1. The highest BCUT2D eigenvalue weighted by Gasteiger charge is 2.23. The minimum absolute atomic E-state index is 0.0575. The minimum Gasteiger partial charge on any atom is -0.268 e. The number of carbonyl (C=O) groups excluding carboxylic acids is 1. The third kappa shape index (κ3) is 4.88. The lowest BCUT2D eigenvalue weighted by atomic mass is 10.2. The molecule has 0 radical (unpaired) electrons. The summed E-state index contributed by atoms with van der Waals surface area (Å²) in [5, 5.41) is 0.457. The van der Waals surface area contributed by atoms with Gasteiger partial charge in [-0.05, 0) is 49.4 Å². The molecule has 0 aliphatic heterocycles. The Balaban J connectivity index is 1.87. The second-order valence-electron chi connectivity index (χ2n) is 5.68. The fourth-order valence-corrected chi connectivity index (χ4v) is 4.62. The second-order valence-corrected chi connectivity index (χ2v) is 8.88. The van der Waals surface area contributed by atoms with E-state index in [1.54, 1.807) is 6.07 Å². The van der Waals surface area contributed by atoms with Crippen molar-refractivity contribution in [2.45, 2.75) is 21.6 Å². The predicted octanol–water partition coefficient (Wildman–Crippen LogP) is 4.31. The average Bonchev–Trinajstić information content (AvgIpc) is 2.64. The Morgan fingerprint density at radius 3 is 2.37 bits per heavy atom. The van der Waals surface area contributed by atoms with Crippen molar-refractivity contribution in [3.05, 3.63) is 83.1 Å². The lowest BCUT2D eigenvalue weighted by molar-refractivity contribution is 0.0981. The summed E-state index contributed by atoms with van der Waals surface area (Å²) in [5.41, 5.74) is 1.30. The van der Waals surface area contributed by atoms with Crippen molar-refractivity contribution in [3.8, 4) is 0 Å². The van der Waals surface area contributed by atoms with Gasteiger partial charge in [-0.3, -0.25) is 9.78 Å². The zero-order valence-electron chi connectivity index (χ0n) is 14.2. The van der Waals surface area contributed by atoms with Crippen LogP contribution in [0.3, 0.4) is 0 Å². The van der Waals surface area contributed by atoms with Crippen molar-refractivity contribution in [1.29, 1.82) is 0 Å². The van der Waals surface area contributed by atoms with Gasteiger partial charge in [0.15, 0.2) is 0 Å². The number of nitrogens with zero attached hydrogens (tertiary/aromatic N) is 1. The van der Waals surface area contributed by atoms with Gasteiger partial charge in [-0.2, -0.15) is 0 Å². The number of nitrogens with one attached hydrogen (secondary N) is 1. The Hall–Kier alpha value is -2.35. The molecule has 0 aliphatic rings. The van der Waals surface area contributed by atoms with E-state index in [1.807, 2.05) is 31.2 Å². The standard InChI is InChI=1S/C19H15ClN2O3S2/c1-13-2-8-16(9-3-13)26-17-10-11-21-12-18(17)27(24,25)22-19(23)14-4-6-15(20)7-5-14/h2-12H,1H3,(H,22,23). The maximum Gasteiger partial charge on any atom is 0.266 e. The normalized spacial score (nSPS) is 11.2. The molecule has 1 N–H and O–H groups in total.